The second kappa shape index (κ2) is 7.41. The predicted octanol–water partition coefficient (Wildman–Crippen LogP) is 2.31. The summed E-state index contributed by atoms with van der Waals surface area (Å²) in [6.45, 7) is -0.254. The Hall–Kier alpha value is -3.05. The van der Waals surface area contributed by atoms with E-state index in [1.54, 1.807) is 0 Å². The SMILES string of the molecule is NN1CC(c2cccc(C(F)(F)F)c2)C(C(=O)N(N)c2cccc(F)c2F)C1=O. The Labute approximate surface area is 161 Å². The van der Waals surface area contributed by atoms with Crippen molar-refractivity contribution in [3.05, 3.63) is 65.2 Å². The smallest absolute Gasteiger partial charge is 0.279 e. The van der Waals surface area contributed by atoms with Gasteiger partial charge in [-0.05, 0) is 23.8 Å². The minimum absolute atomic E-state index is 0.0348. The van der Waals surface area contributed by atoms with Crippen molar-refractivity contribution in [2.24, 2.45) is 17.6 Å². The van der Waals surface area contributed by atoms with Gasteiger partial charge in [-0.15, -0.1) is 0 Å². The zero-order valence-electron chi connectivity index (χ0n) is 14.7. The summed E-state index contributed by atoms with van der Waals surface area (Å²) >= 11 is 0. The van der Waals surface area contributed by atoms with E-state index in [1.165, 1.54) is 6.07 Å². The van der Waals surface area contributed by atoms with Crippen molar-refractivity contribution in [2.75, 3.05) is 11.6 Å². The first kappa shape index (κ1) is 20.7. The molecule has 0 radical (unpaired) electrons. The lowest BCUT2D eigenvalue weighted by Crippen LogP contribution is -2.46. The van der Waals surface area contributed by atoms with Gasteiger partial charge in [0.2, 0.25) is 5.91 Å². The minimum atomic E-state index is -4.63. The molecule has 1 fully saturated rings. The van der Waals surface area contributed by atoms with Crippen molar-refractivity contribution in [3.63, 3.8) is 0 Å². The Morgan fingerprint density at radius 2 is 1.79 bits per heavy atom. The highest BCUT2D eigenvalue weighted by molar-refractivity contribution is 6.09. The lowest BCUT2D eigenvalue weighted by Gasteiger charge is -2.23. The molecule has 1 heterocycles. The van der Waals surface area contributed by atoms with Crippen molar-refractivity contribution in [2.45, 2.75) is 12.1 Å². The Morgan fingerprint density at radius 1 is 1.14 bits per heavy atom. The molecule has 1 saturated heterocycles. The molecule has 2 unspecified atom stereocenters. The first-order chi connectivity index (χ1) is 13.5. The molecule has 29 heavy (non-hydrogen) atoms. The van der Waals surface area contributed by atoms with Gasteiger partial charge < -0.3 is 0 Å². The molecule has 0 aliphatic carbocycles. The van der Waals surface area contributed by atoms with E-state index in [1.807, 2.05) is 0 Å². The molecule has 2 amide bonds. The monoisotopic (exact) mass is 414 g/mol. The van der Waals surface area contributed by atoms with Crippen LogP contribution in [0.3, 0.4) is 0 Å². The van der Waals surface area contributed by atoms with Crippen LogP contribution >= 0.6 is 0 Å². The van der Waals surface area contributed by atoms with E-state index in [-0.39, 0.29) is 17.1 Å². The van der Waals surface area contributed by atoms with Crippen LogP contribution in [0.15, 0.2) is 42.5 Å². The Kier molecular flexibility index (Phi) is 5.28. The van der Waals surface area contributed by atoms with E-state index in [0.717, 1.165) is 36.4 Å². The topological polar surface area (TPSA) is 92.7 Å². The van der Waals surface area contributed by atoms with E-state index >= 15 is 0 Å². The van der Waals surface area contributed by atoms with Crippen LogP contribution in [0.25, 0.3) is 0 Å². The molecule has 2 aromatic carbocycles. The van der Waals surface area contributed by atoms with Gasteiger partial charge in [0.15, 0.2) is 11.6 Å². The Balaban J connectivity index is 1.99. The number of hydrogen-bond donors (Lipinski definition) is 2. The fourth-order valence-electron chi connectivity index (χ4n) is 3.23. The summed E-state index contributed by atoms with van der Waals surface area (Å²) in [7, 11) is 0. The van der Waals surface area contributed by atoms with Gasteiger partial charge in [0.1, 0.15) is 5.92 Å². The van der Waals surface area contributed by atoms with Crippen molar-refractivity contribution >= 4 is 17.5 Å². The number of benzene rings is 2. The molecular weight excluding hydrogens is 399 g/mol. The second-order valence-corrected chi connectivity index (χ2v) is 6.48. The molecule has 2 aromatic rings. The van der Waals surface area contributed by atoms with Gasteiger partial charge in [0.25, 0.3) is 5.91 Å². The van der Waals surface area contributed by atoms with Crippen molar-refractivity contribution in [3.8, 4) is 0 Å². The quantitative estimate of drug-likeness (QED) is 0.265. The van der Waals surface area contributed by atoms with E-state index in [0.29, 0.717) is 5.01 Å². The molecule has 1 aliphatic rings. The number of hydrogen-bond acceptors (Lipinski definition) is 4. The van der Waals surface area contributed by atoms with Gasteiger partial charge in [-0.2, -0.15) is 13.2 Å². The first-order valence-corrected chi connectivity index (χ1v) is 8.28. The second-order valence-electron chi connectivity index (χ2n) is 6.48. The van der Waals surface area contributed by atoms with E-state index in [2.05, 4.69) is 0 Å². The largest absolute Gasteiger partial charge is 0.416 e. The maximum atomic E-state index is 14.0. The Bertz CT molecular complexity index is 966. The molecule has 0 aromatic heterocycles. The first-order valence-electron chi connectivity index (χ1n) is 8.28. The van der Waals surface area contributed by atoms with E-state index < -0.39 is 52.7 Å². The molecule has 154 valence electrons. The van der Waals surface area contributed by atoms with Crippen LogP contribution in [-0.4, -0.2) is 23.4 Å². The molecular formula is C18H15F5N4O2. The highest BCUT2D eigenvalue weighted by Gasteiger charge is 2.47. The number of hydrazine groups is 2. The van der Waals surface area contributed by atoms with Crippen molar-refractivity contribution in [1.82, 2.24) is 5.01 Å². The summed E-state index contributed by atoms with van der Waals surface area (Å²) in [4.78, 5) is 25.2. The molecule has 6 nitrogen and oxygen atoms in total. The van der Waals surface area contributed by atoms with Crippen LogP contribution in [0.5, 0.6) is 0 Å². The average Bonchev–Trinajstić information content (AvgIpc) is 2.97. The van der Waals surface area contributed by atoms with E-state index in [9.17, 15) is 31.5 Å². The minimum Gasteiger partial charge on any atom is -0.279 e. The highest BCUT2D eigenvalue weighted by atomic mass is 19.4. The number of alkyl halides is 3. The Morgan fingerprint density at radius 3 is 2.45 bits per heavy atom. The number of anilines is 1. The number of rotatable bonds is 3. The normalized spacial score (nSPS) is 19.6. The van der Waals surface area contributed by atoms with Crippen LogP contribution < -0.4 is 16.7 Å². The fourth-order valence-corrected chi connectivity index (χ4v) is 3.23. The number of amides is 2. The number of nitrogens with two attached hydrogens (primary N) is 2. The van der Waals surface area contributed by atoms with Gasteiger partial charge >= 0.3 is 6.18 Å². The summed E-state index contributed by atoms with van der Waals surface area (Å²) in [6.07, 6.45) is -4.63. The number of nitrogens with zero attached hydrogens (tertiary/aromatic N) is 2. The van der Waals surface area contributed by atoms with Crippen LogP contribution in [0.2, 0.25) is 0 Å². The van der Waals surface area contributed by atoms with Gasteiger partial charge in [-0.1, -0.05) is 24.3 Å². The third-order valence-corrected chi connectivity index (χ3v) is 4.68. The summed E-state index contributed by atoms with van der Waals surface area (Å²) in [5, 5.41) is 0.948. The van der Waals surface area contributed by atoms with Gasteiger partial charge in [0, 0.05) is 12.5 Å². The molecule has 0 spiro atoms. The molecule has 0 bridgehead atoms. The average molecular weight is 414 g/mol. The van der Waals surface area contributed by atoms with Crippen LogP contribution in [0, 0.1) is 17.6 Å². The zero-order chi connectivity index (χ0) is 21.5. The zero-order valence-corrected chi connectivity index (χ0v) is 14.7. The van der Waals surface area contributed by atoms with Gasteiger partial charge in [0.05, 0.1) is 11.3 Å². The van der Waals surface area contributed by atoms with Crippen molar-refractivity contribution < 1.29 is 31.5 Å². The number of halogens is 5. The summed E-state index contributed by atoms with van der Waals surface area (Å²) < 4.78 is 66.5. The standard InChI is InChI=1S/C18H15F5N4O2/c19-12-5-2-6-13(15(12)20)27(25)17(29)14-11(8-26(24)16(14)28)9-3-1-4-10(7-9)18(21,22)23/h1-7,11,14H,8,24-25H2. The third-order valence-electron chi connectivity index (χ3n) is 4.68. The molecule has 4 N–H and O–H groups in total. The number of carbonyl (C=O) groups is 2. The highest BCUT2D eigenvalue weighted by Crippen LogP contribution is 2.37. The maximum Gasteiger partial charge on any atom is 0.416 e. The predicted molar refractivity (Wildman–Crippen MR) is 91.6 cm³/mol. The fraction of sp³-hybridized carbons (Fsp3) is 0.222. The number of carbonyl (C=O) groups excluding carboxylic acids is 2. The molecule has 11 heteroatoms. The van der Waals surface area contributed by atoms with Crippen LogP contribution in [0.4, 0.5) is 27.6 Å². The lowest BCUT2D eigenvalue weighted by molar-refractivity contribution is -0.138. The third kappa shape index (κ3) is 3.78. The summed E-state index contributed by atoms with van der Waals surface area (Å²) in [6, 6.07) is 7.04. The lowest BCUT2D eigenvalue weighted by atomic mass is 9.87. The van der Waals surface area contributed by atoms with Gasteiger partial charge in [-0.3, -0.25) is 14.6 Å². The van der Waals surface area contributed by atoms with Gasteiger partial charge in [-0.25, -0.2) is 25.5 Å². The maximum absolute atomic E-state index is 14.0. The van der Waals surface area contributed by atoms with Crippen LogP contribution in [-0.2, 0) is 15.8 Å². The van der Waals surface area contributed by atoms with E-state index in [4.69, 9.17) is 11.7 Å². The molecule has 1 aliphatic heterocycles. The molecule has 3 rings (SSSR count). The van der Waals surface area contributed by atoms with Crippen LogP contribution in [0.1, 0.15) is 17.0 Å². The summed E-state index contributed by atoms with van der Waals surface area (Å²) in [5.41, 5.74) is -1.56. The molecule has 0 saturated carbocycles. The van der Waals surface area contributed by atoms with Crippen molar-refractivity contribution in [1.29, 1.82) is 0 Å². The molecule has 2 atom stereocenters. The summed E-state index contributed by atoms with van der Waals surface area (Å²) in [5.74, 6) is 3.82.